The van der Waals surface area contributed by atoms with Crippen molar-refractivity contribution < 1.29 is 14.3 Å². The Labute approximate surface area is 153 Å². The van der Waals surface area contributed by atoms with E-state index in [0.717, 1.165) is 5.69 Å². The van der Waals surface area contributed by atoms with Crippen molar-refractivity contribution in [2.75, 3.05) is 23.8 Å². The number of carbonyl (C=O) groups is 2. The second kappa shape index (κ2) is 9.46. The van der Waals surface area contributed by atoms with E-state index in [9.17, 15) is 9.59 Å². The zero-order valence-electron chi connectivity index (χ0n) is 15.3. The van der Waals surface area contributed by atoms with Crippen molar-refractivity contribution in [3.63, 3.8) is 0 Å². The van der Waals surface area contributed by atoms with Crippen LogP contribution >= 0.6 is 0 Å². The topological polar surface area (TPSA) is 79.5 Å². The molecular formula is C20H25N3O3. The van der Waals surface area contributed by atoms with Gasteiger partial charge in [0.25, 0.3) is 5.91 Å². The number of amides is 2. The second-order valence-electron chi connectivity index (χ2n) is 6.04. The van der Waals surface area contributed by atoms with Crippen LogP contribution in [-0.2, 0) is 4.79 Å². The van der Waals surface area contributed by atoms with Crippen molar-refractivity contribution in [2.45, 2.75) is 26.8 Å². The van der Waals surface area contributed by atoms with E-state index in [1.807, 2.05) is 39.0 Å². The summed E-state index contributed by atoms with van der Waals surface area (Å²) in [7, 11) is 0. The van der Waals surface area contributed by atoms with Crippen molar-refractivity contribution in [1.82, 2.24) is 5.32 Å². The van der Waals surface area contributed by atoms with Gasteiger partial charge in [0.15, 0.2) is 0 Å². The lowest BCUT2D eigenvalue weighted by Gasteiger charge is -2.12. The molecule has 0 atom stereocenters. The minimum absolute atomic E-state index is 0.0866. The molecule has 0 radical (unpaired) electrons. The summed E-state index contributed by atoms with van der Waals surface area (Å²) in [5.41, 5.74) is 1.99. The summed E-state index contributed by atoms with van der Waals surface area (Å²) in [6, 6.07) is 14.4. The zero-order valence-corrected chi connectivity index (χ0v) is 15.3. The highest BCUT2D eigenvalue weighted by Crippen LogP contribution is 2.23. The molecule has 2 rings (SSSR count). The number of benzene rings is 2. The number of hydrogen-bond donors (Lipinski definition) is 3. The predicted molar refractivity (Wildman–Crippen MR) is 104 cm³/mol. The third-order valence-corrected chi connectivity index (χ3v) is 3.48. The first kappa shape index (κ1) is 19.3. The Morgan fingerprint density at radius 3 is 2.38 bits per heavy atom. The Morgan fingerprint density at radius 1 is 1.04 bits per heavy atom. The van der Waals surface area contributed by atoms with Crippen LogP contribution in [0.5, 0.6) is 5.75 Å². The van der Waals surface area contributed by atoms with Gasteiger partial charge in [0.05, 0.1) is 18.8 Å². The molecule has 0 saturated carbocycles. The molecule has 6 nitrogen and oxygen atoms in total. The summed E-state index contributed by atoms with van der Waals surface area (Å²) < 4.78 is 5.49. The van der Waals surface area contributed by atoms with Crippen molar-refractivity contribution >= 4 is 23.2 Å². The SMILES string of the molecule is CCOc1ccccc1NC(=O)CNc1ccc(C(=O)NC(C)C)cc1. The van der Waals surface area contributed by atoms with Crippen molar-refractivity contribution in [2.24, 2.45) is 0 Å². The minimum Gasteiger partial charge on any atom is -0.492 e. The Kier molecular flexibility index (Phi) is 7.02. The maximum Gasteiger partial charge on any atom is 0.251 e. The summed E-state index contributed by atoms with van der Waals surface area (Å²) in [4.78, 5) is 24.1. The van der Waals surface area contributed by atoms with Gasteiger partial charge in [0.2, 0.25) is 5.91 Å². The fourth-order valence-corrected chi connectivity index (χ4v) is 2.31. The lowest BCUT2D eigenvalue weighted by atomic mass is 10.2. The largest absolute Gasteiger partial charge is 0.492 e. The third kappa shape index (κ3) is 5.81. The molecule has 0 unspecified atom stereocenters. The van der Waals surface area contributed by atoms with Crippen LogP contribution in [-0.4, -0.2) is 31.0 Å². The van der Waals surface area contributed by atoms with Crippen LogP contribution in [0, 0.1) is 0 Å². The monoisotopic (exact) mass is 355 g/mol. The number of carbonyl (C=O) groups excluding carboxylic acids is 2. The quantitative estimate of drug-likeness (QED) is 0.679. The average Bonchev–Trinajstić information content (AvgIpc) is 2.62. The molecule has 0 fully saturated rings. The van der Waals surface area contributed by atoms with E-state index in [1.54, 1.807) is 30.3 Å². The van der Waals surface area contributed by atoms with Crippen LogP contribution in [0.25, 0.3) is 0 Å². The molecule has 0 saturated heterocycles. The second-order valence-corrected chi connectivity index (χ2v) is 6.04. The molecule has 2 aromatic carbocycles. The fraction of sp³-hybridized carbons (Fsp3) is 0.300. The van der Waals surface area contributed by atoms with E-state index >= 15 is 0 Å². The van der Waals surface area contributed by atoms with E-state index in [-0.39, 0.29) is 24.4 Å². The van der Waals surface area contributed by atoms with Crippen molar-refractivity contribution in [1.29, 1.82) is 0 Å². The molecule has 26 heavy (non-hydrogen) atoms. The van der Waals surface area contributed by atoms with Gasteiger partial charge in [-0.3, -0.25) is 9.59 Å². The number of hydrogen-bond acceptors (Lipinski definition) is 4. The van der Waals surface area contributed by atoms with Gasteiger partial charge >= 0.3 is 0 Å². The number of anilines is 2. The normalized spacial score (nSPS) is 10.3. The molecule has 0 spiro atoms. The molecule has 0 aliphatic rings. The van der Waals surface area contributed by atoms with E-state index < -0.39 is 0 Å². The smallest absolute Gasteiger partial charge is 0.251 e. The maximum atomic E-state index is 12.1. The van der Waals surface area contributed by atoms with Gasteiger partial charge in [0, 0.05) is 17.3 Å². The summed E-state index contributed by atoms with van der Waals surface area (Å²) >= 11 is 0. The van der Waals surface area contributed by atoms with Gasteiger partial charge in [-0.05, 0) is 57.2 Å². The van der Waals surface area contributed by atoms with Gasteiger partial charge in [0.1, 0.15) is 5.75 Å². The molecule has 2 aromatic rings. The van der Waals surface area contributed by atoms with Crippen LogP contribution in [0.4, 0.5) is 11.4 Å². The molecule has 6 heteroatoms. The Bertz CT molecular complexity index is 742. The Balaban J connectivity index is 1.88. The molecular weight excluding hydrogens is 330 g/mol. The number of ether oxygens (including phenoxy) is 1. The number of nitrogens with one attached hydrogen (secondary N) is 3. The number of rotatable bonds is 8. The summed E-state index contributed by atoms with van der Waals surface area (Å²) in [6.07, 6.45) is 0. The molecule has 0 aliphatic heterocycles. The fourth-order valence-electron chi connectivity index (χ4n) is 2.31. The molecule has 0 bridgehead atoms. The van der Waals surface area contributed by atoms with Crippen LogP contribution in [0.15, 0.2) is 48.5 Å². The third-order valence-electron chi connectivity index (χ3n) is 3.48. The van der Waals surface area contributed by atoms with E-state index in [2.05, 4.69) is 16.0 Å². The highest BCUT2D eigenvalue weighted by molar-refractivity contribution is 5.96. The molecule has 138 valence electrons. The van der Waals surface area contributed by atoms with E-state index in [0.29, 0.717) is 23.6 Å². The molecule has 0 heterocycles. The van der Waals surface area contributed by atoms with E-state index in [4.69, 9.17) is 4.74 Å². The van der Waals surface area contributed by atoms with E-state index in [1.165, 1.54) is 0 Å². The highest BCUT2D eigenvalue weighted by Gasteiger charge is 2.09. The molecule has 2 amide bonds. The summed E-state index contributed by atoms with van der Waals surface area (Å²) in [6.45, 7) is 6.36. The maximum absolute atomic E-state index is 12.1. The molecule has 0 aromatic heterocycles. The standard InChI is InChI=1S/C20H25N3O3/c1-4-26-18-8-6-5-7-17(18)23-19(24)13-21-16-11-9-15(10-12-16)20(25)22-14(2)3/h5-12,14,21H,4,13H2,1-3H3,(H,22,25)(H,23,24). The van der Waals surface area contributed by atoms with Gasteiger partial charge in [-0.2, -0.15) is 0 Å². The highest BCUT2D eigenvalue weighted by atomic mass is 16.5. The Hall–Kier alpha value is -3.02. The van der Waals surface area contributed by atoms with Crippen LogP contribution in [0.2, 0.25) is 0 Å². The summed E-state index contributed by atoms with van der Waals surface area (Å²) in [5, 5.41) is 8.70. The van der Waals surface area contributed by atoms with Gasteiger partial charge < -0.3 is 20.7 Å². The van der Waals surface area contributed by atoms with Gasteiger partial charge in [-0.1, -0.05) is 12.1 Å². The first-order valence-corrected chi connectivity index (χ1v) is 8.66. The van der Waals surface area contributed by atoms with Gasteiger partial charge in [-0.25, -0.2) is 0 Å². The van der Waals surface area contributed by atoms with Crippen LogP contribution in [0.1, 0.15) is 31.1 Å². The first-order valence-electron chi connectivity index (χ1n) is 8.66. The molecule has 3 N–H and O–H groups in total. The first-order chi connectivity index (χ1) is 12.5. The van der Waals surface area contributed by atoms with Crippen molar-refractivity contribution in [3.8, 4) is 5.75 Å². The zero-order chi connectivity index (χ0) is 18.9. The van der Waals surface area contributed by atoms with Crippen molar-refractivity contribution in [3.05, 3.63) is 54.1 Å². The molecule has 0 aliphatic carbocycles. The minimum atomic E-state index is -0.182. The predicted octanol–water partition coefficient (Wildman–Crippen LogP) is 3.27. The lowest BCUT2D eigenvalue weighted by molar-refractivity contribution is -0.114. The lowest BCUT2D eigenvalue weighted by Crippen LogP contribution is -2.30. The Morgan fingerprint density at radius 2 is 1.73 bits per heavy atom. The number of para-hydroxylation sites is 2. The average molecular weight is 355 g/mol. The summed E-state index contributed by atoms with van der Waals surface area (Å²) in [5.74, 6) is 0.347. The van der Waals surface area contributed by atoms with Gasteiger partial charge in [-0.15, -0.1) is 0 Å². The van der Waals surface area contributed by atoms with Crippen LogP contribution < -0.4 is 20.7 Å². The van der Waals surface area contributed by atoms with Crippen LogP contribution in [0.3, 0.4) is 0 Å².